The number of aliphatic hydroxyl groups is 1. The first kappa shape index (κ1) is 14.1. The summed E-state index contributed by atoms with van der Waals surface area (Å²) in [6.07, 6.45) is -0.469. The van der Waals surface area contributed by atoms with Gasteiger partial charge in [0.2, 0.25) is 0 Å². The van der Waals surface area contributed by atoms with Gasteiger partial charge in [-0.3, -0.25) is 0 Å². The largest absolute Gasteiger partial charge is 0.456 e. The van der Waals surface area contributed by atoms with Crippen LogP contribution in [-0.4, -0.2) is 29.6 Å². The number of rotatable bonds is 5. The lowest BCUT2D eigenvalue weighted by Gasteiger charge is -2.22. The van der Waals surface area contributed by atoms with E-state index in [1.807, 2.05) is 30.3 Å². The fourth-order valence-electron chi connectivity index (χ4n) is 2.78. The van der Waals surface area contributed by atoms with Crippen LogP contribution >= 0.6 is 0 Å². The van der Waals surface area contributed by atoms with Crippen molar-refractivity contribution < 1.29 is 9.52 Å². The molecule has 0 saturated carbocycles. The zero-order chi connectivity index (χ0) is 14.8. The SMILES string of the molecule is CCN(CC)CC(O)c1ccc2oc3ccccc3c2c1. The van der Waals surface area contributed by atoms with Crippen molar-refractivity contribution in [1.29, 1.82) is 0 Å². The van der Waals surface area contributed by atoms with Crippen LogP contribution in [0.1, 0.15) is 25.5 Å². The molecule has 1 N–H and O–H groups in total. The Bertz CT molecular complexity index is 743. The minimum absolute atomic E-state index is 0.469. The van der Waals surface area contributed by atoms with Crippen LogP contribution in [-0.2, 0) is 0 Å². The van der Waals surface area contributed by atoms with Gasteiger partial charge in [0.05, 0.1) is 6.10 Å². The molecule has 0 aliphatic heterocycles. The molecule has 1 heterocycles. The van der Waals surface area contributed by atoms with E-state index >= 15 is 0 Å². The van der Waals surface area contributed by atoms with Crippen molar-refractivity contribution in [3.8, 4) is 0 Å². The van der Waals surface area contributed by atoms with Crippen LogP contribution in [0, 0.1) is 0 Å². The number of furan rings is 1. The molecule has 0 saturated heterocycles. The Labute approximate surface area is 124 Å². The minimum atomic E-state index is -0.469. The lowest BCUT2D eigenvalue weighted by Crippen LogP contribution is -2.28. The highest BCUT2D eigenvalue weighted by molar-refractivity contribution is 6.04. The Morgan fingerprint density at radius 3 is 2.48 bits per heavy atom. The molecule has 2 aromatic carbocycles. The molecule has 0 aliphatic carbocycles. The van der Waals surface area contributed by atoms with E-state index in [4.69, 9.17) is 4.42 Å². The van der Waals surface area contributed by atoms with E-state index in [1.165, 1.54) is 0 Å². The van der Waals surface area contributed by atoms with E-state index in [0.29, 0.717) is 6.54 Å². The summed E-state index contributed by atoms with van der Waals surface area (Å²) in [5.41, 5.74) is 2.71. The van der Waals surface area contributed by atoms with Gasteiger partial charge in [-0.2, -0.15) is 0 Å². The van der Waals surface area contributed by atoms with E-state index in [0.717, 1.165) is 40.6 Å². The van der Waals surface area contributed by atoms with Crippen LogP contribution in [0.4, 0.5) is 0 Å². The van der Waals surface area contributed by atoms with Crippen molar-refractivity contribution in [1.82, 2.24) is 4.90 Å². The number of benzene rings is 2. The van der Waals surface area contributed by atoms with Crippen molar-refractivity contribution >= 4 is 21.9 Å². The highest BCUT2D eigenvalue weighted by Gasteiger charge is 2.14. The minimum Gasteiger partial charge on any atom is -0.456 e. The Morgan fingerprint density at radius 1 is 1.00 bits per heavy atom. The maximum Gasteiger partial charge on any atom is 0.135 e. The zero-order valence-electron chi connectivity index (χ0n) is 12.5. The summed E-state index contributed by atoms with van der Waals surface area (Å²) in [5, 5.41) is 12.6. The van der Waals surface area contributed by atoms with Crippen molar-refractivity contribution in [2.75, 3.05) is 19.6 Å². The van der Waals surface area contributed by atoms with Crippen molar-refractivity contribution in [2.45, 2.75) is 20.0 Å². The fourth-order valence-corrected chi connectivity index (χ4v) is 2.78. The molecule has 0 radical (unpaired) electrons. The molecule has 1 unspecified atom stereocenters. The second-order valence-corrected chi connectivity index (χ2v) is 5.36. The molecule has 3 nitrogen and oxygen atoms in total. The van der Waals surface area contributed by atoms with Crippen LogP contribution in [0.3, 0.4) is 0 Å². The molecule has 3 rings (SSSR count). The van der Waals surface area contributed by atoms with Crippen LogP contribution in [0.2, 0.25) is 0 Å². The second kappa shape index (κ2) is 5.88. The monoisotopic (exact) mass is 283 g/mol. The topological polar surface area (TPSA) is 36.6 Å². The predicted molar refractivity (Wildman–Crippen MR) is 86.5 cm³/mol. The molecule has 0 amide bonds. The smallest absolute Gasteiger partial charge is 0.135 e. The third-order valence-electron chi connectivity index (χ3n) is 4.11. The Balaban J connectivity index is 1.98. The summed E-state index contributed by atoms with van der Waals surface area (Å²) >= 11 is 0. The maximum absolute atomic E-state index is 10.4. The van der Waals surface area contributed by atoms with Gasteiger partial charge in [-0.1, -0.05) is 38.1 Å². The number of para-hydroxylation sites is 1. The third kappa shape index (κ3) is 2.67. The summed E-state index contributed by atoms with van der Waals surface area (Å²) < 4.78 is 5.82. The molecule has 110 valence electrons. The Hall–Kier alpha value is -1.84. The first-order valence-corrected chi connectivity index (χ1v) is 7.54. The first-order chi connectivity index (χ1) is 10.2. The van der Waals surface area contributed by atoms with Gasteiger partial charge < -0.3 is 14.4 Å². The number of likely N-dealkylation sites (N-methyl/N-ethyl adjacent to an activating group) is 1. The van der Waals surface area contributed by atoms with Crippen LogP contribution < -0.4 is 0 Å². The fraction of sp³-hybridized carbons (Fsp3) is 0.333. The quantitative estimate of drug-likeness (QED) is 0.770. The van der Waals surface area contributed by atoms with Gasteiger partial charge in [0.15, 0.2) is 0 Å². The van der Waals surface area contributed by atoms with Crippen molar-refractivity contribution in [3.63, 3.8) is 0 Å². The van der Waals surface area contributed by atoms with Crippen LogP contribution in [0.25, 0.3) is 21.9 Å². The maximum atomic E-state index is 10.4. The van der Waals surface area contributed by atoms with Crippen LogP contribution in [0.15, 0.2) is 46.9 Å². The average Bonchev–Trinajstić information content (AvgIpc) is 2.90. The lowest BCUT2D eigenvalue weighted by molar-refractivity contribution is 0.119. The zero-order valence-corrected chi connectivity index (χ0v) is 12.5. The van der Waals surface area contributed by atoms with Crippen LogP contribution in [0.5, 0.6) is 0 Å². The third-order valence-corrected chi connectivity index (χ3v) is 4.11. The molecule has 0 spiro atoms. The van der Waals surface area contributed by atoms with E-state index < -0.39 is 6.10 Å². The molecule has 3 heteroatoms. The molecule has 0 fully saturated rings. The molecular weight excluding hydrogens is 262 g/mol. The van der Waals surface area contributed by atoms with Crippen molar-refractivity contribution in [2.24, 2.45) is 0 Å². The summed E-state index contributed by atoms with van der Waals surface area (Å²) in [4.78, 5) is 2.22. The van der Waals surface area contributed by atoms with Gasteiger partial charge in [-0.15, -0.1) is 0 Å². The molecule has 21 heavy (non-hydrogen) atoms. The molecule has 0 bridgehead atoms. The standard InChI is InChI=1S/C18H21NO2/c1-3-19(4-2)12-16(20)13-9-10-18-15(11-13)14-7-5-6-8-17(14)21-18/h5-11,16,20H,3-4,12H2,1-2H3. The van der Waals surface area contributed by atoms with Gasteiger partial charge in [-0.25, -0.2) is 0 Å². The Morgan fingerprint density at radius 2 is 1.71 bits per heavy atom. The van der Waals surface area contributed by atoms with E-state index in [9.17, 15) is 5.11 Å². The summed E-state index contributed by atoms with van der Waals surface area (Å²) in [5.74, 6) is 0. The highest BCUT2D eigenvalue weighted by atomic mass is 16.3. The molecule has 3 aromatic rings. The van der Waals surface area contributed by atoms with E-state index in [1.54, 1.807) is 0 Å². The van der Waals surface area contributed by atoms with E-state index in [2.05, 4.69) is 30.9 Å². The summed E-state index contributed by atoms with van der Waals surface area (Å²) in [6.45, 7) is 6.79. The Kier molecular flexibility index (Phi) is 3.95. The summed E-state index contributed by atoms with van der Waals surface area (Å²) in [7, 11) is 0. The van der Waals surface area contributed by atoms with Gasteiger partial charge in [-0.05, 0) is 36.9 Å². The highest BCUT2D eigenvalue weighted by Crippen LogP contribution is 2.30. The number of nitrogens with zero attached hydrogens (tertiary/aromatic N) is 1. The second-order valence-electron chi connectivity index (χ2n) is 5.36. The molecule has 1 atom stereocenters. The number of hydrogen-bond acceptors (Lipinski definition) is 3. The van der Waals surface area contributed by atoms with Gasteiger partial charge >= 0.3 is 0 Å². The molecular formula is C18H21NO2. The normalized spacial score (nSPS) is 13.3. The molecule has 0 aliphatic rings. The van der Waals surface area contributed by atoms with Gasteiger partial charge in [0.1, 0.15) is 11.2 Å². The lowest BCUT2D eigenvalue weighted by atomic mass is 10.0. The van der Waals surface area contributed by atoms with Crippen molar-refractivity contribution in [3.05, 3.63) is 48.0 Å². The van der Waals surface area contributed by atoms with E-state index in [-0.39, 0.29) is 0 Å². The predicted octanol–water partition coefficient (Wildman–Crippen LogP) is 3.96. The number of fused-ring (bicyclic) bond motifs is 3. The first-order valence-electron chi connectivity index (χ1n) is 7.54. The molecule has 1 aromatic heterocycles. The van der Waals surface area contributed by atoms with Gasteiger partial charge in [0, 0.05) is 17.3 Å². The summed E-state index contributed by atoms with van der Waals surface area (Å²) in [6, 6.07) is 14.0. The number of hydrogen-bond donors (Lipinski definition) is 1. The van der Waals surface area contributed by atoms with Gasteiger partial charge in [0.25, 0.3) is 0 Å². The number of aliphatic hydroxyl groups excluding tert-OH is 1. The average molecular weight is 283 g/mol.